The summed E-state index contributed by atoms with van der Waals surface area (Å²) in [5.74, 6) is 1.60. The minimum Gasteiger partial charge on any atom is -0.457 e. The number of para-hydroxylation sites is 1. The molecule has 2 nitrogen and oxygen atoms in total. The smallest absolute Gasteiger partial charge is 0.127 e. The summed E-state index contributed by atoms with van der Waals surface area (Å²) < 4.78 is 5.69. The van der Waals surface area contributed by atoms with E-state index in [1.165, 1.54) is 5.54 Å². The maximum atomic E-state index is 5.80. The van der Waals surface area contributed by atoms with E-state index in [4.69, 9.17) is 27.9 Å². The molecule has 0 aromatic heterocycles. The van der Waals surface area contributed by atoms with Crippen molar-refractivity contribution >= 4 is 28.9 Å². The number of hydrogen-bond acceptors (Lipinski definition) is 2. The van der Waals surface area contributed by atoms with Crippen molar-refractivity contribution in [2.75, 3.05) is 11.9 Å². The predicted octanol–water partition coefficient (Wildman–Crippen LogP) is 5.21. The van der Waals surface area contributed by atoms with Crippen LogP contribution >= 0.6 is 23.2 Å². The lowest BCUT2D eigenvalue weighted by atomic mass is 10.3. The summed E-state index contributed by atoms with van der Waals surface area (Å²) in [6, 6.07) is 17.3. The molecule has 2 aromatic carbocycles. The average Bonchev–Trinajstić information content (AvgIpc) is 2.47. The zero-order valence-corrected chi connectivity index (χ0v) is 11.7. The first kappa shape index (κ1) is 13.8. The van der Waals surface area contributed by atoms with Crippen LogP contribution in [-0.4, -0.2) is 6.54 Å². The van der Waals surface area contributed by atoms with E-state index in [9.17, 15) is 0 Å². The Bertz CT molecular complexity index is 538. The Morgan fingerprint density at radius 2 is 1.63 bits per heavy atom. The lowest BCUT2D eigenvalue weighted by Gasteiger charge is -2.08. The number of rotatable bonds is 5. The van der Waals surface area contributed by atoms with Gasteiger partial charge in [-0.3, -0.25) is 0 Å². The van der Waals surface area contributed by atoms with E-state index in [1.54, 1.807) is 0 Å². The van der Waals surface area contributed by atoms with Gasteiger partial charge in [-0.15, -0.1) is 0 Å². The molecule has 0 spiro atoms. The molecule has 0 amide bonds. The van der Waals surface area contributed by atoms with Crippen molar-refractivity contribution in [3.8, 4) is 11.5 Å². The van der Waals surface area contributed by atoms with Crippen LogP contribution in [0.1, 0.15) is 0 Å². The number of halogens is 2. The van der Waals surface area contributed by atoms with Gasteiger partial charge >= 0.3 is 0 Å². The Labute approximate surface area is 122 Å². The van der Waals surface area contributed by atoms with Crippen molar-refractivity contribution < 1.29 is 4.74 Å². The third-order valence-corrected chi connectivity index (χ3v) is 3.03. The van der Waals surface area contributed by atoms with Gasteiger partial charge in [-0.25, -0.2) is 0 Å². The molecule has 0 atom stereocenters. The fraction of sp³-hybridized carbons (Fsp3) is 0.0667. The zero-order valence-electron chi connectivity index (χ0n) is 10.1. The van der Waals surface area contributed by atoms with Gasteiger partial charge in [0.2, 0.25) is 0 Å². The van der Waals surface area contributed by atoms with E-state index in [1.807, 2.05) is 54.6 Å². The molecule has 4 heteroatoms. The van der Waals surface area contributed by atoms with Crippen molar-refractivity contribution in [3.63, 3.8) is 0 Å². The van der Waals surface area contributed by atoms with Crippen molar-refractivity contribution in [1.82, 2.24) is 0 Å². The van der Waals surface area contributed by atoms with Crippen molar-refractivity contribution in [1.29, 1.82) is 0 Å². The topological polar surface area (TPSA) is 21.3 Å². The van der Waals surface area contributed by atoms with Crippen LogP contribution < -0.4 is 10.1 Å². The van der Waals surface area contributed by atoms with Crippen LogP contribution in [-0.2, 0) is 0 Å². The molecule has 0 fully saturated rings. The normalized spacial score (nSPS) is 11.2. The highest BCUT2D eigenvalue weighted by Crippen LogP contribution is 2.22. The lowest BCUT2D eigenvalue weighted by Crippen LogP contribution is -2.00. The van der Waals surface area contributed by atoms with Crippen LogP contribution in [0, 0.1) is 0 Å². The molecule has 2 aromatic rings. The highest BCUT2D eigenvalue weighted by atomic mass is 35.5. The quantitative estimate of drug-likeness (QED) is 0.817. The first-order valence-electron chi connectivity index (χ1n) is 5.79. The molecule has 1 N–H and O–H groups in total. The first-order chi connectivity index (χ1) is 9.28. The minimum absolute atomic E-state index is 0.504. The van der Waals surface area contributed by atoms with Gasteiger partial charge in [0.25, 0.3) is 0 Å². The Morgan fingerprint density at radius 3 is 2.26 bits per heavy atom. The molecule has 0 aliphatic carbocycles. The molecule has 0 heterocycles. The molecule has 0 unspecified atom stereocenters. The third-order valence-electron chi connectivity index (χ3n) is 2.41. The summed E-state index contributed by atoms with van der Waals surface area (Å²) in [6.45, 7) is 0.504. The van der Waals surface area contributed by atoms with Crippen LogP contribution in [0.3, 0.4) is 0 Å². The van der Waals surface area contributed by atoms with Crippen LogP contribution in [0.15, 0.2) is 65.2 Å². The van der Waals surface area contributed by atoms with Gasteiger partial charge in [0.1, 0.15) is 11.5 Å². The Hall–Kier alpha value is -1.64. The molecule has 2 rings (SSSR count). The summed E-state index contributed by atoms with van der Waals surface area (Å²) in [7, 11) is 0. The lowest BCUT2D eigenvalue weighted by molar-refractivity contribution is 0.483. The fourth-order valence-corrected chi connectivity index (χ4v) is 1.63. The largest absolute Gasteiger partial charge is 0.457 e. The number of ether oxygens (including phenoxy) is 1. The Balaban J connectivity index is 1.95. The summed E-state index contributed by atoms with van der Waals surface area (Å²) in [6.07, 6.45) is 0. The van der Waals surface area contributed by atoms with Crippen molar-refractivity contribution in [2.24, 2.45) is 0 Å². The number of nitrogens with one attached hydrogen (secondary N) is 1. The second-order valence-corrected chi connectivity index (χ2v) is 4.55. The van der Waals surface area contributed by atoms with E-state index in [0.29, 0.717) is 11.6 Å². The number of hydrogen-bond donors (Lipinski definition) is 1. The molecule has 0 aliphatic rings. The predicted molar refractivity (Wildman–Crippen MR) is 81.2 cm³/mol. The highest BCUT2D eigenvalue weighted by molar-refractivity contribution is 6.36. The SMILES string of the molecule is ClC=C(Cl)CNc1ccc(Oc2ccccc2)cc1. The summed E-state index contributed by atoms with van der Waals surface area (Å²) in [5.41, 5.74) is 2.30. The zero-order chi connectivity index (χ0) is 13.5. The van der Waals surface area contributed by atoms with E-state index in [0.717, 1.165) is 17.2 Å². The third kappa shape index (κ3) is 4.51. The molecular weight excluding hydrogens is 281 g/mol. The summed E-state index contributed by atoms with van der Waals surface area (Å²) in [5, 5.41) is 3.71. The van der Waals surface area contributed by atoms with Gasteiger partial charge in [0.15, 0.2) is 0 Å². The van der Waals surface area contributed by atoms with Gasteiger partial charge < -0.3 is 10.1 Å². The van der Waals surface area contributed by atoms with Crippen molar-refractivity contribution in [3.05, 3.63) is 65.2 Å². The number of benzene rings is 2. The van der Waals surface area contributed by atoms with E-state index in [-0.39, 0.29) is 0 Å². The summed E-state index contributed by atoms with van der Waals surface area (Å²) in [4.78, 5) is 0. The molecule has 0 aliphatic heterocycles. The second kappa shape index (κ2) is 7.07. The van der Waals surface area contributed by atoms with Crippen LogP contribution in [0.4, 0.5) is 5.69 Å². The van der Waals surface area contributed by atoms with E-state index >= 15 is 0 Å². The Morgan fingerprint density at radius 1 is 1.00 bits per heavy atom. The van der Waals surface area contributed by atoms with Gasteiger partial charge in [0.05, 0.1) is 6.54 Å². The number of anilines is 1. The Kier molecular flexibility index (Phi) is 5.13. The maximum absolute atomic E-state index is 5.80. The van der Waals surface area contributed by atoms with Gasteiger partial charge in [0, 0.05) is 16.3 Å². The highest BCUT2D eigenvalue weighted by Gasteiger charge is 1.98. The van der Waals surface area contributed by atoms with Gasteiger partial charge in [-0.05, 0) is 36.4 Å². The minimum atomic E-state index is 0.504. The van der Waals surface area contributed by atoms with Crippen molar-refractivity contribution in [2.45, 2.75) is 0 Å². The van der Waals surface area contributed by atoms with Gasteiger partial charge in [-0.1, -0.05) is 41.4 Å². The standard InChI is InChI=1S/C15H13Cl2NO/c16-10-12(17)11-18-13-6-8-15(9-7-13)19-14-4-2-1-3-5-14/h1-10,18H,11H2. The fourth-order valence-electron chi connectivity index (χ4n) is 1.49. The average molecular weight is 294 g/mol. The molecule has 0 radical (unpaired) electrons. The van der Waals surface area contributed by atoms with Crippen LogP contribution in [0.5, 0.6) is 11.5 Å². The molecule has 0 saturated heterocycles. The monoisotopic (exact) mass is 293 g/mol. The first-order valence-corrected chi connectivity index (χ1v) is 6.61. The van der Waals surface area contributed by atoms with Gasteiger partial charge in [-0.2, -0.15) is 0 Å². The molecule has 0 saturated carbocycles. The van der Waals surface area contributed by atoms with E-state index < -0.39 is 0 Å². The maximum Gasteiger partial charge on any atom is 0.127 e. The molecule has 0 bridgehead atoms. The molecule has 19 heavy (non-hydrogen) atoms. The van der Waals surface area contributed by atoms with Crippen LogP contribution in [0.2, 0.25) is 0 Å². The second-order valence-electron chi connectivity index (χ2n) is 3.85. The summed E-state index contributed by atoms with van der Waals surface area (Å²) >= 11 is 11.3. The van der Waals surface area contributed by atoms with Crippen LogP contribution in [0.25, 0.3) is 0 Å². The molecule has 98 valence electrons. The van der Waals surface area contributed by atoms with E-state index in [2.05, 4.69) is 5.32 Å². The molecular formula is C15H13Cl2NO.